The second kappa shape index (κ2) is 5.06. The molecular weight excluding hydrogens is 306 g/mol. The van der Waals surface area contributed by atoms with Crippen molar-refractivity contribution in [2.45, 2.75) is 37.6 Å². The van der Waals surface area contributed by atoms with Gasteiger partial charge < -0.3 is 10.3 Å². The Kier molecular flexibility index (Phi) is 3.41. The van der Waals surface area contributed by atoms with Crippen LogP contribution in [0.15, 0.2) is 33.3 Å². The summed E-state index contributed by atoms with van der Waals surface area (Å²) < 4.78 is 6.32. The molecule has 5 heteroatoms. The maximum Gasteiger partial charge on any atom is 0.259 e. The molecule has 0 bridgehead atoms. The molecule has 1 aromatic carbocycles. The van der Waals surface area contributed by atoms with E-state index in [9.17, 15) is 0 Å². The molecule has 4 nitrogen and oxygen atoms in total. The molecule has 19 heavy (non-hydrogen) atoms. The number of hydrogen-bond donors (Lipinski definition) is 1. The molecule has 1 aliphatic rings. The molecule has 1 fully saturated rings. The van der Waals surface area contributed by atoms with Gasteiger partial charge >= 0.3 is 0 Å². The number of benzene rings is 1. The monoisotopic (exact) mass is 321 g/mol. The molecule has 0 unspecified atom stereocenters. The van der Waals surface area contributed by atoms with Crippen molar-refractivity contribution in [3.63, 3.8) is 0 Å². The smallest absolute Gasteiger partial charge is 0.259 e. The molecule has 100 valence electrons. The highest BCUT2D eigenvalue weighted by Crippen LogP contribution is 2.35. The van der Waals surface area contributed by atoms with Gasteiger partial charge in [0.05, 0.1) is 11.1 Å². The SMILES string of the molecule is NC1(c2noc(-c3ccccc3Br)n2)CCCCC1. The van der Waals surface area contributed by atoms with Gasteiger partial charge in [-0.1, -0.05) is 36.6 Å². The van der Waals surface area contributed by atoms with Crippen LogP contribution in [0.2, 0.25) is 0 Å². The van der Waals surface area contributed by atoms with E-state index in [-0.39, 0.29) is 0 Å². The van der Waals surface area contributed by atoms with Crippen LogP contribution in [0.4, 0.5) is 0 Å². The Morgan fingerprint density at radius 1 is 1.16 bits per heavy atom. The van der Waals surface area contributed by atoms with Crippen LogP contribution in [0.25, 0.3) is 11.5 Å². The number of nitrogens with two attached hydrogens (primary N) is 1. The van der Waals surface area contributed by atoms with Crippen LogP contribution in [0.5, 0.6) is 0 Å². The van der Waals surface area contributed by atoms with E-state index in [1.807, 2.05) is 24.3 Å². The molecule has 0 radical (unpaired) electrons. The molecule has 1 aliphatic carbocycles. The molecule has 0 aliphatic heterocycles. The Labute approximate surface area is 120 Å². The third-order valence-electron chi connectivity index (χ3n) is 3.72. The highest BCUT2D eigenvalue weighted by atomic mass is 79.9. The quantitative estimate of drug-likeness (QED) is 0.917. The van der Waals surface area contributed by atoms with Gasteiger partial charge in [-0.2, -0.15) is 4.98 Å². The average Bonchev–Trinajstić information content (AvgIpc) is 2.90. The van der Waals surface area contributed by atoms with Crippen molar-refractivity contribution < 1.29 is 4.52 Å². The van der Waals surface area contributed by atoms with Gasteiger partial charge in [-0.05, 0) is 40.9 Å². The van der Waals surface area contributed by atoms with Gasteiger partial charge in [-0.25, -0.2) is 0 Å². The summed E-state index contributed by atoms with van der Waals surface area (Å²) in [5.41, 5.74) is 6.90. The number of aromatic nitrogens is 2. The third kappa shape index (κ3) is 2.44. The second-order valence-electron chi connectivity index (χ2n) is 5.12. The van der Waals surface area contributed by atoms with Crippen molar-refractivity contribution in [2.24, 2.45) is 5.73 Å². The van der Waals surface area contributed by atoms with Crippen molar-refractivity contribution in [1.82, 2.24) is 10.1 Å². The van der Waals surface area contributed by atoms with Crippen LogP contribution in [-0.4, -0.2) is 10.1 Å². The summed E-state index contributed by atoms with van der Waals surface area (Å²) in [5.74, 6) is 1.16. The predicted molar refractivity (Wildman–Crippen MR) is 76.4 cm³/mol. The fraction of sp³-hybridized carbons (Fsp3) is 0.429. The summed E-state index contributed by atoms with van der Waals surface area (Å²) in [4.78, 5) is 4.50. The minimum atomic E-state index is -0.415. The lowest BCUT2D eigenvalue weighted by Crippen LogP contribution is -2.39. The van der Waals surface area contributed by atoms with E-state index in [0.717, 1.165) is 35.7 Å². The van der Waals surface area contributed by atoms with Crippen molar-refractivity contribution in [3.05, 3.63) is 34.6 Å². The molecule has 3 rings (SSSR count). The van der Waals surface area contributed by atoms with E-state index < -0.39 is 5.54 Å². The summed E-state index contributed by atoms with van der Waals surface area (Å²) in [6.45, 7) is 0. The molecule has 0 amide bonds. The van der Waals surface area contributed by atoms with Crippen molar-refractivity contribution in [3.8, 4) is 11.5 Å². The van der Waals surface area contributed by atoms with Crippen molar-refractivity contribution in [1.29, 1.82) is 0 Å². The molecule has 0 saturated heterocycles. The summed E-state index contributed by atoms with van der Waals surface area (Å²) in [6.07, 6.45) is 5.38. The van der Waals surface area contributed by atoms with E-state index in [1.165, 1.54) is 6.42 Å². The van der Waals surface area contributed by atoms with Gasteiger partial charge in [0, 0.05) is 4.47 Å². The molecule has 0 atom stereocenters. The number of nitrogens with zero attached hydrogens (tertiary/aromatic N) is 2. The maximum absolute atomic E-state index is 6.41. The molecule has 1 aromatic heterocycles. The first-order chi connectivity index (χ1) is 9.19. The van der Waals surface area contributed by atoms with E-state index in [0.29, 0.717) is 11.7 Å². The Morgan fingerprint density at radius 3 is 2.63 bits per heavy atom. The van der Waals surface area contributed by atoms with Gasteiger partial charge in [0.15, 0.2) is 5.82 Å². The van der Waals surface area contributed by atoms with E-state index in [4.69, 9.17) is 10.3 Å². The summed E-state index contributed by atoms with van der Waals surface area (Å²) >= 11 is 3.49. The number of rotatable bonds is 2. The van der Waals surface area contributed by atoms with E-state index in [2.05, 4.69) is 26.1 Å². The molecular formula is C14H16BrN3O. The first-order valence-electron chi connectivity index (χ1n) is 6.57. The third-order valence-corrected chi connectivity index (χ3v) is 4.41. The van der Waals surface area contributed by atoms with Crippen molar-refractivity contribution in [2.75, 3.05) is 0 Å². The van der Waals surface area contributed by atoms with Crippen molar-refractivity contribution >= 4 is 15.9 Å². The summed E-state index contributed by atoms with van der Waals surface area (Å²) in [5, 5.41) is 4.10. The van der Waals surface area contributed by atoms with Crippen LogP contribution in [0.3, 0.4) is 0 Å². The lowest BCUT2D eigenvalue weighted by atomic mass is 9.82. The van der Waals surface area contributed by atoms with Crippen LogP contribution < -0.4 is 5.73 Å². The van der Waals surface area contributed by atoms with Gasteiger partial charge in [0.25, 0.3) is 5.89 Å². The van der Waals surface area contributed by atoms with Crippen LogP contribution in [0.1, 0.15) is 37.9 Å². The fourth-order valence-corrected chi connectivity index (χ4v) is 3.03. The zero-order chi connectivity index (χ0) is 13.3. The number of halogens is 1. The Morgan fingerprint density at radius 2 is 1.89 bits per heavy atom. The average molecular weight is 322 g/mol. The van der Waals surface area contributed by atoms with Crippen LogP contribution in [-0.2, 0) is 5.54 Å². The van der Waals surface area contributed by atoms with Crippen LogP contribution in [0, 0.1) is 0 Å². The van der Waals surface area contributed by atoms with Gasteiger partial charge in [0.2, 0.25) is 0 Å². The fourth-order valence-electron chi connectivity index (χ4n) is 2.58. The van der Waals surface area contributed by atoms with Gasteiger partial charge in [-0.3, -0.25) is 0 Å². The zero-order valence-corrected chi connectivity index (χ0v) is 12.2. The molecule has 1 heterocycles. The zero-order valence-electron chi connectivity index (χ0n) is 10.6. The second-order valence-corrected chi connectivity index (χ2v) is 5.97. The highest BCUT2D eigenvalue weighted by molar-refractivity contribution is 9.10. The van der Waals surface area contributed by atoms with Crippen LogP contribution >= 0.6 is 15.9 Å². The maximum atomic E-state index is 6.41. The highest BCUT2D eigenvalue weighted by Gasteiger charge is 2.34. The Bertz CT molecular complexity index is 576. The van der Waals surface area contributed by atoms with E-state index >= 15 is 0 Å². The first kappa shape index (κ1) is 12.8. The molecule has 0 spiro atoms. The largest absolute Gasteiger partial charge is 0.334 e. The standard InChI is InChI=1S/C14H16BrN3O/c15-11-7-3-2-6-10(11)12-17-13(18-19-12)14(16)8-4-1-5-9-14/h2-3,6-7H,1,4-5,8-9,16H2. The van der Waals surface area contributed by atoms with Gasteiger partial charge in [-0.15, -0.1) is 0 Å². The Balaban J connectivity index is 1.93. The topological polar surface area (TPSA) is 64.9 Å². The first-order valence-corrected chi connectivity index (χ1v) is 7.36. The lowest BCUT2D eigenvalue weighted by molar-refractivity contribution is 0.275. The summed E-state index contributed by atoms with van der Waals surface area (Å²) in [6, 6.07) is 7.81. The lowest BCUT2D eigenvalue weighted by Gasteiger charge is -2.29. The Hall–Kier alpha value is -1.20. The molecule has 2 N–H and O–H groups in total. The van der Waals surface area contributed by atoms with E-state index in [1.54, 1.807) is 0 Å². The number of hydrogen-bond acceptors (Lipinski definition) is 4. The van der Waals surface area contributed by atoms with Gasteiger partial charge in [0.1, 0.15) is 0 Å². The predicted octanol–water partition coefficient (Wildman–Crippen LogP) is 3.62. The minimum Gasteiger partial charge on any atom is -0.334 e. The molecule has 2 aromatic rings. The minimum absolute atomic E-state index is 0.415. The summed E-state index contributed by atoms with van der Waals surface area (Å²) in [7, 11) is 0. The normalized spacial score (nSPS) is 18.4. The molecule has 1 saturated carbocycles.